The molecule has 3 saturated carbocycles. The Bertz CT molecular complexity index is 2000. The van der Waals surface area contributed by atoms with Crippen LogP contribution in [0.25, 0.3) is 16.6 Å². The maximum absolute atomic E-state index is 11.0. The average molecular weight is 653 g/mol. The van der Waals surface area contributed by atoms with Crippen molar-refractivity contribution in [1.29, 1.82) is 0 Å². The largest absolute Gasteiger partial charge is 0.387 e. The Morgan fingerprint density at radius 2 is 1.15 bits per heavy atom. The molecule has 3 aliphatic rings. The molecule has 9 rings (SSSR count). The third kappa shape index (κ3) is 6.73. The van der Waals surface area contributed by atoms with E-state index in [0.29, 0.717) is 28.5 Å². The lowest BCUT2D eigenvalue weighted by Gasteiger charge is -2.28. The van der Waals surface area contributed by atoms with Crippen LogP contribution >= 0.6 is 11.6 Å². The molecule has 3 fully saturated rings. The van der Waals surface area contributed by atoms with E-state index in [4.69, 9.17) is 11.6 Å². The van der Waals surface area contributed by atoms with Crippen molar-refractivity contribution in [2.45, 2.75) is 83.2 Å². The Kier molecular flexibility index (Phi) is 9.84. The monoisotopic (exact) mass is 652 g/mol. The Morgan fingerprint density at radius 1 is 0.660 bits per heavy atom. The van der Waals surface area contributed by atoms with Gasteiger partial charge in [-0.2, -0.15) is 0 Å². The molecule has 0 saturated heterocycles. The summed E-state index contributed by atoms with van der Waals surface area (Å²) in [6.07, 6.45) is 22.9. The number of halogens is 1. The minimum absolute atomic E-state index is 0. The number of aldehydes is 2. The van der Waals surface area contributed by atoms with Gasteiger partial charge < -0.3 is 9.51 Å². The first-order valence-electron chi connectivity index (χ1n) is 16.2. The van der Waals surface area contributed by atoms with Gasteiger partial charge in [-0.1, -0.05) is 50.4 Å². The van der Waals surface area contributed by atoms with Gasteiger partial charge in [0, 0.05) is 0 Å². The normalized spacial score (nSPS) is 16.9. The highest BCUT2D eigenvalue weighted by atomic mass is 35.5. The van der Waals surface area contributed by atoms with E-state index in [1.165, 1.54) is 56.1 Å². The van der Waals surface area contributed by atoms with E-state index in [1.807, 2.05) is 29.1 Å². The fourth-order valence-electron chi connectivity index (χ4n) is 6.75. The fourth-order valence-corrected chi connectivity index (χ4v) is 6.95. The molecule has 6 heterocycles. The Hall–Kier alpha value is -4.34. The van der Waals surface area contributed by atoms with E-state index in [0.717, 1.165) is 53.4 Å². The van der Waals surface area contributed by atoms with E-state index in [2.05, 4.69) is 37.6 Å². The molecule has 0 bridgehead atoms. The van der Waals surface area contributed by atoms with Gasteiger partial charge in [0.1, 0.15) is 5.69 Å². The van der Waals surface area contributed by atoms with Gasteiger partial charge in [0.25, 0.3) is 0 Å². The Balaban J connectivity index is 0.000000127. The van der Waals surface area contributed by atoms with Crippen molar-refractivity contribution in [3.05, 3.63) is 107 Å². The predicted molar refractivity (Wildman–Crippen MR) is 184 cm³/mol. The first-order chi connectivity index (χ1) is 22.6. The van der Waals surface area contributed by atoms with E-state index in [-0.39, 0.29) is 13.5 Å². The number of hydrogen-bond acceptors (Lipinski definition) is 6. The number of pyridine rings is 3. The molecule has 0 radical (unpaired) electrons. The highest BCUT2D eigenvalue weighted by Crippen LogP contribution is 2.45. The number of imidazole rings is 3. The Labute approximate surface area is 279 Å². The quantitative estimate of drug-likeness (QED) is 0.182. The lowest BCUT2D eigenvalue weighted by atomic mass is 9.82. The first kappa shape index (κ1) is 32.6. The number of aliphatic hydroxyl groups is 1. The standard InChI is InChI=1S/C17H22N2O.C11H10N2O.C8H5ClN2O.CH4/c20-17(13-4-2-1-3-5-13)16-15(12-6-7-12)9-8-14-10-18-11-19(14)16;14-6-11-10(8-1-2-8)4-3-9-5-12-7-13(9)11;9-7-2-1-6-3-10-5-11(6)8(7)4-12;/h8-13,17,20H,1-7H2;3-8H,1-2H2;1-5H;1H4. The van der Waals surface area contributed by atoms with Crippen LogP contribution in [0.15, 0.2) is 74.0 Å². The summed E-state index contributed by atoms with van der Waals surface area (Å²) in [5, 5.41) is 11.4. The van der Waals surface area contributed by atoms with Crippen molar-refractivity contribution in [2.24, 2.45) is 5.92 Å². The van der Waals surface area contributed by atoms with E-state index >= 15 is 0 Å². The molecule has 0 spiro atoms. The fraction of sp³-hybridized carbons (Fsp3) is 0.378. The minimum Gasteiger partial charge on any atom is -0.387 e. The second-order valence-electron chi connectivity index (χ2n) is 12.6. The first-order valence-corrected chi connectivity index (χ1v) is 16.5. The molecule has 244 valence electrons. The zero-order valence-electron chi connectivity index (χ0n) is 25.6. The van der Waals surface area contributed by atoms with Crippen LogP contribution in [0.2, 0.25) is 5.02 Å². The highest BCUT2D eigenvalue weighted by Gasteiger charge is 2.33. The molecule has 9 nitrogen and oxygen atoms in total. The Morgan fingerprint density at radius 3 is 1.72 bits per heavy atom. The van der Waals surface area contributed by atoms with Crippen LogP contribution in [0.1, 0.15) is 121 Å². The molecule has 0 amide bonds. The summed E-state index contributed by atoms with van der Waals surface area (Å²) in [5.74, 6) is 1.69. The van der Waals surface area contributed by atoms with Crippen LogP contribution in [-0.4, -0.2) is 45.8 Å². The number of aliphatic hydroxyl groups excluding tert-OH is 1. The molecule has 47 heavy (non-hydrogen) atoms. The number of hydrogen-bond donors (Lipinski definition) is 1. The van der Waals surface area contributed by atoms with Crippen molar-refractivity contribution in [3.63, 3.8) is 0 Å². The van der Waals surface area contributed by atoms with Crippen LogP contribution < -0.4 is 0 Å². The second kappa shape index (κ2) is 14.2. The van der Waals surface area contributed by atoms with E-state index in [1.54, 1.807) is 35.5 Å². The third-order valence-electron chi connectivity index (χ3n) is 9.52. The molecule has 10 heteroatoms. The predicted octanol–water partition coefficient (Wildman–Crippen LogP) is 8.29. The zero-order chi connectivity index (χ0) is 31.6. The molecular formula is C37H41ClN6O3. The maximum Gasteiger partial charge on any atom is 0.168 e. The zero-order valence-corrected chi connectivity index (χ0v) is 26.3. The molecule has 3 aliphatic carbocycles. The molecule has 1 atom stereocenters. The van der Waals surface area contributed by atoms with Crippen LogP contribution in [0, 0.1) is 5.92 Å². The van der Waals surface area contributed by atoms with Gasteiger partial charge in [-0.25, -0.2) is 15.0 Å². The number of fused-ring (bicyclic) bond motifs is 3. The number of rotatable bonds is 6. The number of nitrogens with zero attached hydrogens (tertiary/aromatic N) is 6. The number of carbonyl (C=O) groups is 2. The molecule has 6 aromatic rings. The topological polar surface area (TPSA) is 106 Å². The van der Waals surface area contributed by atoms with Gasteiger partial charge in [-0.15, -0.1) is 0 Å². The summed E-state index contributed by atoms with van der Waals surface area (Å²) in [5.41, 5.74) is 7.79. The van der Waals surface area contributed by atoms with Gasteiger partial charge >= 0.3 is 0 Å². The van der Waals surface area contributed by atoms with Crippen LogP contribution in [0.5, 0.6) is 0 Å². The van der Waals surface area contributed by atoms with Gasteiger partial charge in [0.05, 0.1) is 76.6 Å². The van der Waals surface area contributed by atoms with Crippen LogP contribution in [0.3, 0.4) is 0 Å². The summed E-state index contributed by atoms with van der Waals surface area (Å²) in [6, 6.07) is 11.9. The summed E-state index contributed by atoms with van der Waals surface area (Å²) >= 11 is 5.78. The molecule has 0 aliphatic heterocycles. The highest BCUT2D eigenvalue weighted by molar-refractivity contribution is 6.32. The molecule has 0 aromatic carbocycles. The average Bonchev–Trinajstić information content (AvgIpc) is 3.96. The third-order valence-corrected chi connectivity index (χ3v) is 9.84. The molecule has 1 N–H and O–H groups in total. The minimum atomic E-state index is -0.330. The van der Waals surface area contributed by atoms with Crippen LogP contribution in [0.4, 0.5) is 0 Å². The smallest absolute Gasteiger partial charge is 0.168 e. The number of carbonyl (C=O) groups excluding carboxylic acids is 2. The molecule has 1 unspecified atom stereocenters. The van der Waals surface area contributed by atoms with Gasteiger partial charge in [0.15, 0.2) is 12.6 Å². The lowest BCUT2D eigenvalue weighted by Crippen LogP contribution is -2.19. The second-order valence-corrected chi connectivity index (χ2v) is 13.0. The van der Waals surface area contributed by atoms with Gasteiger partial charge in [-0.3, -0.25) is 18.4 Å². The van der Waals surface area contributed by atoms with E-state index < -0.39 is 0 Å². The van der Waals surface area contributed by atoms with Crippen molar-refractivity contribution < 1.29 is 14.7 Å². The summed E-state index contributed by atoms with van der Waals surface area (Å²) in [7, 11) is 0. The van der Waals surface area contributed by atoms with Crippen molar-refractivity contribution >= 4 is 40.7 Å². The van der Waals surface area contributed by atoms with Crippen molar-refractivity contribution in [2.75, 3.05) is 0 Å². The van der Waals surface area contributed by atoms with Crippen LogP contribution in [-0.2, 0) is 0 Å². The van der Waals surface area contributed by atoms with Gasteiger partial charge in [-0.05, 0) is 91.7 Å². The van der Waals surface area contributed by atoms with Crippen molar-refractivity contribution in [1.82, 2.24) is 28.2 Å². The number of aromatic nitrogens is 6. The molecule has 6 aromatic heterocycles. The van der Waals surface area contributed by atoms with Gasteiger partial charge in [0.2, 0.25) is 0 Å². The molecular weight excluding hydrogens is 612 g/mol. The summed E-state index contributed by atoms with van der Waals surface area (Å²) in [6.45, 7) is 0. The van der Waals surface area contributed by atoms with Crippen molar-refractivity contribution in [3.8, 4) is 0 Å². The summed E-state index contributed by atoms with van der Waals surface area (Å²) in [4.78, 5) is 33.8. The summed E-state index contributed by atoms with van der Waals surface area (Å²) < 4.78 is 5.63. The maximum atomic E-state index is 11.0. The van der Waals surface area contributed by atoms with E-state index in [9.17, 15) is 14.7 Å². The lowest BCUT2D eigenvalue weighted by molar-refractivity contribution is 0.0792. The SMILES string of the molecule is C.O=Cc1c(C2CC2)ccc2cncn12.O=Cc1c(Cl)ccc2cncn12.OC(c1c(C2CC2)ccc2cncn12)C1CCCCC1.